The van der Waals surface area contributed by atoms with E-state index in [1.165, 1.54) is 38.9 Å². The van der Waals surface area contributed by atoms with E-state index in [-0.39, 0.29) is 11.7 Å². The first-order valence-corrected chi connectivity index (χ1v) is 11.4. The van der Waals surface area contributed by atoms with Crippen molar-refractivity contribution in [2.45, 2.75) is 32.9 Å². The van der Waals surface area contributed by atoms with Crippen LogP contribution in [-0.2, 0) is 4.79 Å². The van der Waals surface area contributed by atoms with Crippen LogP contribution in [0.4, 0.5) is 5.13 Å². The van der Waals surface area contributed by atoms with Gasteiger partial charge in [0.15, 0.2) is 5.13 Å². The van der Waals surface area contributed by atoms with Crippen LogP contribution in [0.3, 0.4) is 0 Å². The number of thiazole rings is 1. The molecule has 11 heteroatoms. The summed E-state index contributed by atoms with van der Waals surface area (Å²) < 4.78 is 2.95. The molecule has 3 heterocycles. The second-order valence-corrected chi connectivity index (χ2v) is 8.97. The number of hydrogen-bond donors (Lipinski definition) is 2. The van der Waals surface area contributed by atoms with E-state index in [2.05, 4.69) is 51.6 Å². The van der Waals surface area contributed by atoms with Crippen molar-refractivity contribution >= 4 is 34.1 Å². The number of nitrogens with zero attached hydrogens (tertiary/aromatic N) is 6. The molecule has 0 aliphatic heterocycles. The summed E-state index contributed by atoms with van der Waals surface area (Å²) in [4.78, 5) is 16.9. The third-order valence-electron chi connectivity index (χ3n) is 4.73. The van der Waals surface area contributed by atoms with E-state index in [1.54, 1.807) is 4.68 Å². The minimum atomic E-state index is -0.193. The highest BCUT2D eigenvalue weighted by Gasteiger charge is 2.16. The van der Waals surface area contributed by atoms with Crippen LogP contribution >= 0.6 is 23.1 Å². The summed E-state index contributed by atoms with van der Waals surface area (Å²) >= 11 is 2.59. The predicted molar refractivity (Wildman–Crippen MR) is 123 cm³/mol. The number of nitrogens with two attached hydrogens (primary N) is 1. The van der Waals surface area contributed by atoms with Crippen LogP contribution in [0.1, 0.15) is 22.5 Å². The van der Waals surface area contributed by atoms with Gasteiger partial charge in [-0.1, -0.05) is 23.9 Å². The molecule has 0 saturated heterocycles. The molecule has 1 aromatic carbocycles. The maximum Gasteiger partial charge on any atom is 0.271 e. The Bertz CT molecular complexity index is 1260. The average Bonchev–Trinajstić information content (AvgIpc) is 3.41. The summed E-state index contributed by atoms with van der Waals surface area (Å²) in [6.07, 6.45) is 0. The molecule has 0 atom stereocenters. The maximum atomic E-state index is 12.4. The molecule has 9 nitrogen and oxygen atoms in total. The van der Waals surface area contributed by atoms with Crippen LogP contribution in [0.2, 0.25) is 0 Å². The Morgan fingerprint density at radius 2 is 1.97 bits per heavy atom. The monoisotopic (exact) mass is 454 g/mol. The first kappa shape index (κ1) is 21.1. The van der Waals surface area contributed by atoms with E-state index in [9.17, 15) is 4.79 Å². The highest BCUT2D eigenvalue weighted by molar-refractivity contribution is 7.99. The molecular formula is C20H22N8OS2. The van der Waals surface area contributed by atoms with Gasteiger partial charge in [-0.15, -0.1) is 21.5 Å². The van der Waals surface area contributed by atoms with Crippen molar-refractivity contribution < 1.29 is 4.79 Å². The first-order chi connectivity index (χ1) is 14.8. The molecule has 4 rings (SSSR count). The maximum absolute atomic E-state index is 12.4. The van der Waals surface area contributed by atoms with Crippen molar-refractivity contribution in [3.05, 3.63) is 52.2 Å². The highest BCUT2D eigenvalue weighted by atomic mass is 32.2. The van der Waals surface area contributed by atoms with Crippen molar-refractivity contribution in [1.82, 2.24) is 29.6 Å². The molecule has 0 fully saturated rings. The van der Waals surface area contributed by atoms with Crippen molar-refractivity contribution in [1.29, 1.82) is 0 Å². The third-order valence-corrected chi connectivity index (χ3v) is 6.43. The summed E-state index contributed by atoms with van der Waals surface area (Å²) in [7, 11) is 0. The normalized spacial score (nSPS) is 11.1. The first-order valence-electron chi connectivity index (χ1n) is 9.52. The fourth-order valence-corrected chi connectivity index (χ4v) is 4.38. The lowest BCUT2D eigenvalue weighted by atomic mass is 10.1. The zero-order valence-corrected chi connectivity index (χ0v) is 19.2. The molecule has 0 unspecified atom stereocenters. The molecule has 0 radical (unpaired) electrons. The van der Waals surface area contributed by atoms with Gasteiger partial charge in [0, 0.05) is 16.6 Å². The number of thioether (sulfide) groups is 1. The van der Waals surface area contributed by atoms with Crippen LogP contribution in [0, 0.1) is 27.7 Å². The van der Waals surface area contributed by atoms with Crippen LogP contribution in [0.5, 0.6) is 0 Å². The number of nitrogens with one attached hydrogen (secondary N) is 1. The minimum absolute atomic E-state index is 0.130. The van der Waals surface area contributed by atoms with E-state index in [0.717, 1.165) is 22.6 Å². The van der Waals surface area contributed by atoms with Crippen LogP contribution in [0.25, 0.3) is 17.2 Å². The van der Waals surface area contributed by atoms with Gasteiger partial charge >= 0.3 is 0 Å². The van der Waals surface area contributed by atoms with Gasteiger partial charge in [-0.05, 0) is 51.0 Å². The molecule has 0 saturated carbocycles. The summed E-state index contributed by atoms with van der Waals surface area (Å²) in [5.74, 6) is 6.44. The number of hydrogen-bond acceptors (Lipinski definition) is 8. The standard InChI is InChI=1S/C20H22N8OS2/c1-11-5-6-15(7-12(11)2)16-9-30-18(22-16)23-17(29)10-31-20-25-24-19(27(20)21)28-14(4)8-13(3)26-28/h5-9H,10,21H2,1-4H3,(H,22,23,29). The molecular weight excluding hydrogens is 432 g/mol. The molecule has 4 aromatic rings. The van der Waals surface area contributed by atoms with E-state index in [0.29, 0.717) is 16.2 Å². The number of aromatic nitrogens is 6. The van der Waals surface area contributed by atoms with Crippen molar-refractivity contribution in [2.75, 3.05) is 16.9 Å². The minimum Gasteiger partial charge on any atom is -0.334 e. The molecule has 31 heavy (non-hydrogen) atoms. The highest BCUT2D eigenvalue weighted by Crippen LogP contribution is 2.27. The van der Waals surface area contributed by atoms with Crippen LogP contribution < -0.4 is 11.2 Å². The summed E-state index contributed by atoms with van der Waals surface area (Å²) in [6, 6.07) is 8.13. The molecule has 0 aliphatic rings. The third kappa shape index (κ3) is 4.47. The average molecular weight is 455 g/mol. The fourth-order valence-electron chi connectivity index (χ4n) is 2.99. The number of carbonyl (C=O) groups is 1. The molecule has 160 valence electrons. The summed E-state index contributed by atoms with van der Waals surface area (Å²) in [6.45, 7) is 7.95. The lowest BCUT2D eigenvalue weighted by molar-refractivity contribution is -0.113. The lowest BCUT2D eigenvalue weighted by Crippen LogP contribution is -2.18. The molecule has 0 aliphatic carbocycles. The summed E-state index contributed by atoms with van der Waals surface area (Å²) in [5.41, 5.74) is 6.07. The second kappa shape index (κ2) is 8.52. The molecule has 0 spiro atoms. The van der Waals surface area contributed by atoms with Crippen LogP contribution in [-0.4, -0.2) is 41.3 Å². The Hall–Kier alpha value is -3.18. The van der Waals surface area contributed by atoms with Crippen molar-refractivity contribution in [2.24, 2.45) is 0 Å². The predicted octanol–water partition coefficient (Wildman–Crippen LogP) is 3.27. The van der Waals surface area contributed by atoms with Gasteiger partial charge in [0.25, 0.3) is 5.95 Å². The SMILES string of the molecule is Cc1cc(C)n(-c2nnc(SCC(=O)Nc3nc(-c4ccc(C)c(C)c4)cs3)n2N)n1. The van der Waals surface area contributed by atoms with Gasteiger partial charge < -0.3 is 11.2 Å². The largest absolute Gasteiger partial charge is 0.334 e. The lowest BCUT2D eigenvalue weighted by Gasteiger charge is -2.05. The Morgan fingerprint density at radius 1 is 1.16 bits per heavy atom. The zero-order chi connectivity index (χ0) is 22.1. The fraction of sp³-hybridized carbons (Fsp3) is 0.250. The number of anilines is 1. The second-order valence-electron chi connectivity index (χ2n) is 7.17. The van der Waals surface area contributed by atoms with Gasteiger partial charge in [-0.25, -0.2) is 14.3 Å². The Labute approximate surface area is 187 Å². The molecule has 3 N–H and O–H groups in total. The van der Waals surface area contributed by atoms with Crippen molar-refractivity contribution in [3.8, 4) is 17.2 Å². The molecule has 1 amide bonds. The summed E-state index contributed by atoms with van der Waals surface area (Å²) in [5, 5.41) is 18.3. The number of amides is 1. The van der Waals surface area contributed by atoms with E-state index in [1.807, 2.05) is 31.4 Å². The number of nitrogen functional groups attached to an aromatic ring is 1. The smallest absolute Gasteiger partial charge is 0.271 e. The van der Waals surface area contributed by atoms with Gasteiger partial charge in [0.2, 0.25) is 11.1 Å². The van der Waals surface area contributed by atoms with Crippen molar-refractivity contribution in [3.63, 3.8) is 0 Å². The van der Waals surface area contributed by atoms with E-state index in [4.69, 9.17) is 5.84 Å². The molecule has 0 bridgehead atoms. The topological polar surface area (TPSA) is 117 Å². The van der Waals surface area contributed by atoms with E-state index < -0.39 is 0 Å². The number of benzene rings is 1. The van der Waals surface area contributed by atoms with Gasteiger partial charge in [0.05, 0.1) is 17.1 Å². The Kier molecular flexibility index (Phi) is 5.79. The van der Waals surface area contributed by atoms with Gasteiger partial charge in [-0.3, -0.25) is 4.79 Å². The Morgan fingerprint density at radius 3 is 2.68 bits per heavy atom. The van der Waals surface area contributed by atoms with Crippen LogP contribution in [0.15, 0.2) is 34.8 Å². The zero-order valence-electron chi connectivity index (χ0n) is 17.6. The quantitative estimate of drug-likeness (QED) is 0.339. The van der Waals surface area contributed by atoms with Gasteiger partial charge in [-0.2, -0.15) is 5.10 Å². The Balaban J connectivity index is 1.39. The number of aryl methyl sites for hydroxylation is 4. The van der Waals surface area contributed by atoms with Gasteiger partial charge in [0.1, 0.15) is 0 Å². The van der Waals surface area contributed by atoms with E-state index >= 15 is 0 Å². The molecule has 3 aromatic heterocycles. The number of rotatable bonds is 6. The number of carbonyl (C=O) groups excluding carboxylic acids is 1.